The Morgan fingerprint density at radius 2 is 2.11 bits per heavy atom. The monoisotopic (exact) mass is 359 g/mol. The summed E-state index contributed by atoms with van der Waals surface area (Å²) < 4.78 is 1.66. The maximum atomic E-state index is 12.5. The minimum atomic E-state index is -0.367. The second-order valence-electron chi connectivity index (χ2n) is 5.90. The summed E-state index contributed by atoms with van der Waals surface area (Å²) in [5, 5.41) is 26.7. The lowest BCUT2D eigenvalue weighted by molar-refractivity contribution is 0.102. The van der Waals surface area contributed by atoms with Gasteiger partial charge < -0.3 is 16.0 Å². The van der Waals surface area contributed by atoms with Crippen LogP contribution in [0.2, 0.25) is 0 Å². The highest BCUT2D eigenvalue weighted by Gasteiger charge is 2.11. The number of nitrogens with zero attached hydrogens (tertiary/aromatic N) is 4. The van der Waals surface area contributed by atoms with Crippen LogP contribution in [-0.4, -0.2) is 26.9 Å². The highest BCUT2D eigenvalue weighted by Crippen LogP contribution is 2.24. The van der Waals surface area contributed by atoms with Gasteiger partial charge in [0, 0.05) is 42.6 Å². The number of aryl methyl sites for hydroxylation is 2. The van der Waals surface area contributed by atoms with E-state index in [0.717, 1.165) is 5.69 Å². The Bertz CT molecular complexity index is 1060. The van der Waals surface area contributed by atoms with Crippen molar-refractivity contribution in [1.82, 2.24) is 14.8 Å². The van der Waals surface area contributed by atoms with Crippen LogP contribution < -0.4 is 10.6 Å². The standard InChI is InChI=1S/C19H17N7O/c1-12-14(8-21)5-15(9-22-12)19(27)25-16-4-3-13(7-20)18(6-16)24-17-10-23-26(2)11-17/h3-7,9-11,20,24H,1-2H3,(H,25,27). The molecule has 0 unspecified atom stereocenters. The zero-order chi connectivity index (χ0) is 19.4. The Hall–Kier alpha value is -3.99. The molecule has 3 aromatic rings. The first-order valence-electron chi connectivity index (χ1n) is 8.08. The molecule has 0 saturated carbocycles. The highest BCUT2D eigenvalue weighted by atomic mass is 16.1. The van der Waals surface area contributed by atoms with Crippen molar-refractivity contribution in [2.24, 2.45) is 7.05 Å². The van der Waals surface area contributed by atoms with Gasteiger partial charge in [-0.05, 0) is 31.2 Å². The number of nitrogens with one attached hydrogen (secondary N) is 3. The molecule has 3 N–H and O–H groups in total. The number of nitriles is 1. The topological polar surface area (TPSA) is 119 Å². The minimum absolute atomic E-state index is 0.301. The summed E-state index contributed by atoms with van der Waals surface area (Å²) in [4.78, 5) is 16.6. The molecule has 0 aliphatic carbocycles. The van der Waals surface area contributed by atoms with E-state index in [1.807, 2.05) is 13.1 Å². The molecule has 3 rings (SSSR count). The van der Waals surface area contributed by atoms with Gasteiger partial charge in [-0.1, -0.05) is 0 Å². The van der Waals surface area contributed by atoms with Crippen LogP contribution in [0.5, 0.6) is 0 Å². The van der Waals surface area contributed by atoms with Crippen molar-refractivity contribution >= 4 is 29.2 Å². The van der Waals surface area contributed by atoms with Crippen LogP contribution >= 0.6 is 0 Å². The van der Waals surface area contributed by atoms with Crippen LogP contribution in [0, 0.1) is 23.7 Å². The molecule has 0 saturated heterocycles. The maximum Gasteiger partial charge on any atom is 0.257 e. The molecule has 2 heterocycles. The van der Waals surface area contributed by atoms with Gasteiger partial charge in [0.2, 0.25) is 0 Å². The third-order valence-corrected chi connectivity index (χ3v) is 3.92. The van der Waals surface area contributed by atoms with Gasteiger partial charge in [0.15, 0.2) is 0 Å². The molecule has 0 spiro atoms. The molecule has 0 aliphatic rings. The number of pyridine rings is 1. The lowest BCUT2D eigenvalue weighted by Gasteiger charge is -2.11. The van der Waals surface area contributed by atoms with E-state index in [1.54, 1.807) is 42.2 Å². The molecule has 0 aliphatic heterocycles. The smallest absolute Gasteiger partial charge is 0.257 e. The number of aromatic nitrogens is 3. The molecule has 0 bridgehead atoms. The van der Waals surface area contributed by atoms with Gasteiger partial charge in [-0.2, -0.15) is 10.4 Å². The third-order valence-electron chi connectivity index (χ3n) is 3.92. The summed E-state index contributed by atoms with van der Waals surface area (Å²) in [5.41, 5.74) is 3.89. The molecule has 0 fully saturated rings. The summed E-state index contributed by atoms with van der Waals surface area (Å²) >= 11 is 0. The summed E-state index contributed by atoms with van der Waals surface area (Å²) in [6, 6.07) is 8.71. The highest BCUT2D eigenvalue weighted by molar-refractivity contribution is 6.05. The van der Waals surface area contributed by atoms with Crippen molar-refractivity contribution in [3.05, 3.63) is 65.2 Å². The first-order chi connectivity index (χ1) is 13.0. The van der Waals surface area contributed by atoms with E-state index in [2.05, 4.69) is 20.7 Å². The number of benzene rings is 1. The predicted octanol–water partition coefficient (Wildman–Crippen LogP) is 2.99. The summed E-state index contributed by atoms with van der Waals surface area (Å²) in [5.74, 6) is -0.367. The molecule has 0 atom stereocenters. The molecular formula is C19H17N7O. The molecule has 8 nitrogen and oxygen atoms in total. The van der Waals surface area contributed by atoms with E-state index in [0.29, 0.717) is 33.8 Å². The van der Waals surface area contributed by atoms with Crippen LogP contribution in [0.3, 0.4) is 0 Å². The maximum absolute atomic E-state index is 12.5. The van der Waals surface area contributed by atoms with Crippen LogP contribution in [0.25, 0.3) is 0 Å². The van der Waals surface area contributed by atoms with Gasteiger partial charge >= 0.3 is 0 Å². The van der Waals surface area contributed by atoms with Crippen molar-refractivity contribution in [1.29, 1.82) is 10.7 Å². The Balaban J connectivity index is 1.84. The van der Waals surface area contributed by atoms with Crippen molar-refractivity contribution in [2.75, 3.05) is 10.6 Å². The number of hydrogen-bond acceptors (Lipinski definition) is 6. The molecule has 2 aromatic heterocycles. The summed E-state index contributed by atoms with van der Waals surface area (Å²) in [6.07, 6.45) is 6.14. The Morgan fingerprint density at radius 1 is 1.30 bits per heavy atom. The normalized spacial score (nSPS) is 10.1. The van der Waals surface area contributed by atoms with Crippen molar-refractivity contribution in [3.8, 4) is 6.07 Å². The SMILES string of the molecule is Cc1ncc(C(=O)Nc2ccc(C=N)c(Nc3cnn(C)c3)c2)cc1C#N. The quantitative estimate of drug-likeness (QED) is 0.605. The molecule has 8 heteroatoms. The number of carbonyl (C=O) groups excluding carboxylic acids is 1. The van der Waals surface area contributed by atoms with E-state index in [9.17, 15) is 4.79 Å². The third kappa shape index (κ3) is 3.99. The minimum Gasteiger partial charge on any atom is -0.352 e. The van der Waals surface area contributed by atoms with Crippen LogP contribution in [0.15, 0.2) is 42.9 Å². The molecule has 1 amide bonds. The van der Waals surface area contributed by atoms with Gasteiger partial charge in [0.1, 0.15) is 6.07 Å². The molecular weight excluding hydrogens is 342 g/mol. The zero-order valence-electron chi connectivity index (χ0n) is 14.8. The van der Waals surface area contributed by atoms with Gasteiger partial charge in [-0.3, -0.25) is 14.5 Å². The van der Waals surface area contributed by atoms with E-state index < -0.39 is 0 Å². The van der Waals surface area contributed by atoms with Crippen molar-refractivity contribution < 1.29 is 4.79 Å². The first kappa shape index (κ1) is 17.8. The zero-order valence-corrected chi connectivity index (χ0v) is 14.8. The number of hydrogen-bond donors (Lipinski definition) is 3. The fourth-order valence-electron chi connectivity index (χ4n) is 2.48. The van der Waals surface area contributed by atoms with Gasteiger partial charge in [-0.15, -0.1) is 0 Å². The van der Waals surface area contributed by atoms with Crippen LogP contribution in [0.1, 0.15) is 27.2 Å². The largest absolute Gasteiger partial charge is 0.352 e. The average molecular weight is 359 g/mol. The predicted molar refractivity (Wildman–Crippen MR) is 102 cm³/mol. The second kappa shape index (κ2) is 7.49. The van der Waals surface area contributed by atoms with Gasteiger partial charge in [0.05, 0.1) is 28.7 Å². The molecule has 1 aromatic carbocycles. The first-order valence-corrected chi connectivity index (χ1v) is 8.08. The fourth-order valence-corrected chi connectivity index (χ4v) is 2.48. The number of anilines is 3. The van der Waals surface area contributed by atoms with E-state index in [4.69, 9.17) is 10.7 Å². The number of rotatable bonds is 5. The second-order valence-corrected chi connectivity index (χ2v) is 5.90. The molecule has 134 valence electrons. The van der Waals surface area contributed by atoms with Crippen LogP contribution in [-0.2, 0) is 7.05 Å². The van der Waals surface area contributed by atoms with Crippen molar-refractivity contribution in [3.63, 3.8) is 0 Å². The van der Waals surface area contributed by atoms with Crippen molar-refractivity contribution in [2.45, 2.75) is 6.92 Å². The fraction of sp³-hybridized carbons (Fsp3) is 0.105. The van der Waals surface area contributed by atoms with Crippen LogP contribution in [0.4, 0.5) is 17.1 Å². The lowest BCUT2D eigenvalue weighted by atomic mass is 10.1. The molecule has 27 heavy (non-hydrogen) atoms. The summed E-state index contributed by atoms with van der Waals surface area (Å²) in [7, 11) is 1.81. The summed E-state index contributed by atoms with van der Waals surface area (Å²) in [6.45, 7) is 1.71. The van der Waals surface area contributed by atoms with E-state index >= 15 is 0 Å². The number of amides is 1. The average Bonchev–Trinajstić information content (AvgIpc) is 3.07. The van der Waals surface area contributed by atoms with Gasteiger partial charge in [-0.25, -0.2) is 0 Å². The van der Waals surface area contributed by atoms with Gasteiger partial charge in [0.25, 0.3) is 5.91 Å². The Labute approximate surface area is 156 Å². The Kier molecular flexibility index (Phi) is 4.95. The Morgan fingerprint density at radius 3 is 2.78 bits per heavy atom. The number of carbonyl (C=O) groups is 1. The molecule has 0 radical (unpaired) electrons. The van der Waals surface area contributed by atoms with E-state index in [1.165, 1.54) is 18.5 Å². The van der Waals surface area contributed by atoms with E-state index in [-0.39, 0.29) is 5.91 Å². The lowest BCUT2D eigenvalue weighted by Crippen LogP contribution is -2.13.